The third-order valence-electron chi connectivity index (χ3n) is 3.03. The minimum absolute atomic E-state index is 0.126. The van der Waals surface area contributed by atoms with Crippen molar-refractivity contribution in [2.24, 2.45) is 5.92 Å². The molecule has 0 atom stereocenters. The van der Waals surface area contributed by atoms with Gasteiger partial charge in [0.15, 0.2) is 0 Å². The fraction of sp³-hybridized carbons (Fsp3) is 0.429. The number of benzene rings is 1. The van der Waals surface area contributed by atoms with Gasteiger partial charge in [-0.2, -0.15) is 0 Å². The van der Waals surface area contributed by atoms with Gasteiger partial charge in [0, 0.05) is 16.5 Å². The summed E-state index contributed by atoms with van der Waals surface area (Å²) in [4.78, 5) is 25.3. The maximum atomic E-state index is 12.1. The lowest BCUT2D eigenvalue weighted by Gasteiger charge is -2.20. The highest BCUT2D eigenvalue weighted by Gasteiger charge is 2.27. The van der Waals surface area contributed by atoms with Gasteiger partial charge < -0.3 is 10.0 Å². The summed E-state index contributed by atoms with van der Waals surface area (Å²) in [7, 11) is 0. The number of carbonyl (C=O) groups is 2. The van der Waals surface area contributed by atoms with Gasteiger partial charge >= 0.3 is 5.97 Å². The lowest BCUT2D eigenvalue weighted by molar-refractivity contribution is -0.143. The number of rotatable bonds is 7. The molecule has 1 aromatic carbocycles. The number of nitrogens with zero attached hydrogens (tertiary/aromatic N) is 1. The van der Waals surface area contributed by atoms with Crippen LogP contribution < -0.4 is 0 Å². The van der Waals surface area contributed by atoms with Crippen LogP contribution >= 0.6 is 23.4 Å². The number of carbonyl (C=O) groups excluding carboxylic acids is 1. The van der Waals surface area contributed by atoms with E-state index in [0.29, 0.717) is 17.5 Å². The van der Waals surface area contributed by atoms with E-state index < -0.39 is 5.97 Å². The second-order valence-electron chi connectivity index (χ2n) is 4.85. The van der Waals surface area contributed by atoms with Gasteiger partial charge in [0.2, 0.25) is 5.91 Å². The lowest BCUT2D eigenvalue weighted by atomic mass is 10.3. The number of thioether (sulfide) groups is 1. The second kappa shape index (κ2) is 6.99. The number of carboxylic acids is 1. The third-order valence-corrected chi connectivity index (χ3v) is 4.28. The van der Waals surface area contributed by atoms with Crippen molar-refractivity contribution < 1.29 is 14.7 Å². The second-order valence-corrected chi connectivity index (χ2v) is 6.34. The Kier molecular flexibility index (Phi) is 5.31. The van der Waals surface area contributed by atoms with Crippen LogP contribution in [0.25, 0.3) is 0 Å². The summed E-state index contributed by atoms with van der Waals surface area (Å²) >= 11 is 7.19. The third kappa shape index (κ3) is 5.06. The first kappa shape index (κ1) is 15.2. The van der Waals surface area contributed by atoms with Gasteiger partial charge in [-0.3, -0.25) is 9.59 Å². The summed E-state index contributed by atoms with van der Waals surface area (Å²) in [6, 6.07) is 7.24. The number of halogens is 1. The van der Waals surface area contributed by atoms with E-state index in [2.05, 4.69) is 0 Å². The summed E-state index contributed by atoms with van der Waals surface area (Å²) in [5.41, 5.74) is 0. The molecule has 4 nitrogen and oxygen atoms in total. The van der Waals surface area contributed by atoms with Gasteiger partial charge in [0.25, 0.3) is 0 Å². The van der Waals surface area contributed by atoms with Crippen LogP contribution in [0, 0.1) is 5.92 Å². The van der Waals surface area contributed by atoms with E-state index >= 15 is 0 Å². The van der Waals surface area contributed by atoms with Crippen molar-refractivity contribution in [3.8, 4) is 0 Å². The number of hydrogen-bond acceptors (Lipinski definition) is 3. The molecule has 20 heavy (non-hydrogen) atoms. The molecule has 1 fully saturated rings. The zero-order chi connectivity index (χ0) is 14.5. The number of hydrogen-bond donors (Lipinski definition) is 1. The topological polar surface area (TPSA) is 57.6 Å². The van der Waals surface area contributed by atoms with Crippen LogP contribution in [0.15, 0.2) is 29.2 Å². The highest BCUT2D eigenvalue weighted by Crippen LogP contribution is 2.30. The van der Waals surface area contributed by atoms with Crippen molar-refractivity contribution in [1.29, 1.82) is 0 Å². The molecule has 1 aromatic rings. The van der Waals surface area contributed by atoms with Crippen LogP contribution in [0.5, 0.6) is 0 Å². The van der Waals surface area contributed by atoms with Crippen LogP contribution in [0.1, 0.15) is 12.8 Å². The van der Waals surface area contributed by atoms with E-state index in [0.717, 1.165) is 17.7 Å². The van der Waals surface area contributed by atoms with Gasteiger partial charge in [-0.05, 0) is 43.0 Å². The maximum Gasteiger partial charge on any atom is 0.323 e. The molecule has 1 saturated carbocycles. The lowest BCUT2D eigenvalue weighted by Crippen LogP contribution is -2.38. The molecular weight excluding hydrogens is 298 g/mol. The van der Waals surface area contributed by atoms with Crippen LogP contribution in [-0.4, -0.2) is 40.7 Å². The molecule has 1 aliphatic carbocycles. The van der Waals surface area contributed by atoms with E-state index in [9.17, 15) is 9.59 Å². The number of amides is 1. The smallest absolute Gasteiger partial charge is 0.323 e. The van der Waals surface area contributed by atoms with Crippen molar-refractivity contribution in [1.82, 2.24) is 4.90 Å². The van der Waals surface area contributed by atoms with Crippen molar-refractivity contribution in [2.45, 2.75) is 17.7 Å². The summed E-state index contributed by atoms with van der Waals surface area (Å²) < 4.78 is 0. The Morgan fingerprint density at radius 3 is 2.50 bits per heavy atom. The molecule has 0 spiro atoms. The predicted molar refractivity (Wildman–Crippen MR) is 79.1 cm³/mol. The monoisotopic (exact) mass is 313 g/mol. The molecule has 1 aliphatic rings. The summed E-state index contributed by atoms with van der Waals surface area (Å²) in [5.74, 6) is -0.352. The van der Waals surface area contributed by atoms with Gasteiger partial charge in [0.1, 0.15) is 6.54 Å². The van der Waals surface area contributed by atoms with Crippen molar-refractivity contribution in [3.05, 3.63) is 29.3 Å². The van der Waals surface area contributed by atoms with Crippen LogP contribution in [-0.2, 0) is 9.59 Å². The van der Waals surface area contributed by atoms with Crippen molar-refractivity contribution >= 4 is 35.2 Å². The molecule has 6 heteroatoms. The van der Waals surface area contributed by atoms with E-state index in [1.807, 2.05) is 12.1 Å². The van der Waals surface area contributed by atoms with Crippen LogP contribution in [0.2, 0.25) is 5.02 Å². The fourth-order valence-electron chi connectivity index (χ4n) is 1.80. The SMILES string of the molecule is O=C(O)CN(CC1CC1)C(=O)CSc1ccc(Cl)cc1. The first-order valence-electron chi connectivity index (χ1n) is 6.42. The molecule has 108 valence electrons. The van der Waals surface area contributed by atoms with Crippen LogP contribution in [0.4, 0.5) is 0 Å². The Hall–Kier alpha value is -1.20. The molecule has 0 heterocycles. The summed E-state index contributed by atoms with van der Waals surface area (Å²) in [6.45, 7) is 0.350. The van der Waals surface area contributed by atoms with E-state index in [1.165, 1.54) is 16.7 Å². The molecular formula is C14H16ClNO3S. The molecule has 0 aromatic heterocycles. The highest BCUT2D eigenvalue weighted by atomic mass is 35.5. The Labute approximate surface area is 127 Å². The molecule has 0 radical (unpaired) electrons. The normalized spacial score (nSPS) is 14.1. The average Bonchev–Trinajstić information content (AvgIpc) is 3.20. The molecule has 0 unspecified atom stereocenters. The van der Waals surface area contributed by atoms with Gasteiger partial charge in [-0.15, -0.1) is 11.8 Å². The fourth-order valence-corrected chi connectivity index (χ4v) is 2.72. The molecule has 0 bridgehead atoms. The standard InChI is InChI=1S/C14H16ClNO3S/c15-11-3-5-12(6-4-11)20-9-13(17)16(8-14(18)19)7-10-1-2-10/h3-6,10H,1-2,7-9H2,(H,18,19). The molecule has 2 rings (SSSR count). The Morgan fingerprint density at radius 2 is 1.95 bits per heavy atom. The van der Waals surface area contributed by atoms with Crippen LogP contribution in [0.3, 0.4) is 0 Å². The Bertz CT molecular complexity index is 488. The first-order valence-corrected chi connectivity index (χ1v) is 7.79. The van der Waals surface area contributed by atoms with E-state index in [1.54, 1.807) is 12.1 Å². The molecule has 0 aliphatic heterocycles. The summed E-state index contributed by atoms with van der Waals surface area (Å²) in [5, 5.41) is 9.52. The van der Waals surface area contributed by atoms with Gasteiger partial charge in [-0.1, -0.05) is 11.6 Å². The predicted octanol–water partition coefficient (Wildman–Crippen LogP) is 2.76. The van der Waals surface area contributed by atoms with E-state index in [-0.39, 0.29) is 18.2 Å². The van der Waals surface area contributed by atoms with E-state index in [4.69, 9.17) is 16.7 Å². The largest absolute Gasteiger partial charge is 0.480 e. The minimum atomic E-state index is -0.963. The molecule has 0 saturated heterocycles. The van der Waals surface area contributed by atoms with Crippen molar-refractivity contribution in [3.63, 3.8) is 0 Å². The molecule has 1 N–H and O–H groups in total. The maximum absolute atomic E-state index is 12.1. The molecule has 1 amide bonds. The van der Waals surface area contributed by atoms with Gasteiger partial charge in [-0.25, -0.2) is 0 Å². The van der Waals surface area contributed by atoms with Gasteiger partial charge in [0.05, 0.1) is 5.75 Å². The Balaban J connectivity index is 1.86. The zero-order valence-corrected chi connectivity index (χ0v) is 12.5. The average molecular weight is 314 g/mol. The number of aliphatic carboxylic acids is 1. The highest BCUT2D eigenvalue weighted by molar-refractivity contribution is 8.00. The summed E-state index contributed by atoms with van der Waals surface area (Å²) in [6.07, 6.45) is 2.18. The minimum Gasteiger partial charge on any atom is -0.480 e. The number of carboxylic acid groups (broad SMARTS) is 1. The quantitative estimate of drug-likeness (QED) is 0.786. The Morgan fingerprint density at radius 1 is 1.30 bits per heavy atom. The zero-order valence-electron chi connectivity index (χ0n) is 10.9. The van der Waals surface area contributed by atoms with Crippen molar-refractivity contribution in [2.75, 3.05) is 18.8 Å². The first-order chi connectivity index (χ1) is 9.54.